The molecule has 1 amide bonds. The predicted octanol–water partition coefficient (Wildman–Crippen LogP) is 1.47. The number of hydrogen-bond acceptors (Lipinski definition) is 4. The van der Waals surface area contributed by atoms with Gasteiger partial charge in [0.1, 0.15) is 11.2 Å². The van der Waals surface area contributed by atoms with Gasteiger partial charge in [-0.05, 0) is 29.8 Å². The normalized spacial score (nSPS) is 13.0. The van der Waals surface area contributed by atoms with Gasteiger partial charge in [0.05, 0.1) is 17.7 Å². The molecule has 0 unspecified atom stereocenters. The summed E-state index contributed by atoms with van der Waals surface area (Å²) in [6, 6.07) is 13.7. The first kappa shape index (κ1) is 12.7. The lowest BCUT2D eigenvalue weighted by atomic mass is 10.0. The Balaban J connectivity index is 1.85. The molecule has 0 spiro atoms. The topological polar surface area (TPSA) is 72.2 Å². The first-order valence-electron chi connectivity index (χ1n) is 6.98. The standard InChI is InChI=1S/C16H13N5O/c1-17-16(22)15-12-8-11(7-6-10(12)9-18-15)21-14-5-3-2-4-13(14)19-20-21/h2-8H,9H2,1H3,(H,17,22). The molecule has 0 saturated carbocycles. The van der Waals surface area contributed by atoms with E-state index in [1.807, 2.05) is 42.5 Å². The Kier molecular flexibility index (Phi) is 2.75. The molecule has 6 nitrogen and oxygen atoms in total. The molecule has 4 rings (SSSR count). The summed E-state index contributed by atoms with van der Waals surface area (Å²) in [5.41, 5.74) is 5.01. The third kappa shape index (κ3) is 1.81. The van der Waals surface area contributed by atoms with Gasteiger partial charge >= 0.3 is 0 Å². The van der Waals surface area contributed by atoms with E-state index < -0.39 is 0 Å². The number of benzene rings is 2. The lowest BCUT2D eigenvalue weighted by Crippen LogP contribution is -2.27. The lowest BCUT2D eigenvalue weighted by molar-refractivity contribution is -0.114. The van der Waals surface area contributed by atoms with Gasteiger partial charge in [-0.25, -0.2) is 4.68 Å². The average Bonchev–Trinajstić information content (AvgIpc) is 3.17. The molecular weight excluding hydrogens is 278 g/mol. The Bertz CT molecular complexity index is 925. The van der Waals surface area contributed by atoms with Crippen molar-refractivity contribution in [3.63, 3.8) is 0 Å². The Morgan fingerprint density at radius 2 is 2.09 bits per heavy atom. The Morgan fingerprint density at radius 3 is 2.95 bits per heavy atom. The van der Waals surface area contributed by atoms with Crippen molar-refractivity contribution >= 4 is 22.7 Å². The first-order chi connectivity index (χ1) is 10.8. The molecule has 0 saturated heterocycles. The van der Waals surface area contributed by atoms with Crippen molar-refractivity contribution in [2.24, 2.45) is 4.99 Å². The van der Waals surface area contributed by atoms with Crippen LogP contribution in [0.5, 0.6) is 0 Å². The number of rotatable bonds is 2. The molecule has 6 heteroatoms. The minimum atomic E-state index is -0.167. The van der Waals surface area contributed by atoms with Gasteiger partial charge in [0, 0.05) is 12.6 Å². The minimum absolute atomic E-state index is 0.167. The van der Waals surface area contributed by atoms with E-state index in [9.17, 15) is 4.79 Å². The maximum absolute atomic E-state index is 11.9. The molecule has 0 bridgehead atoms. The Morgan fingerprint density at radius 1 is 1.23 bits per heavy atom. The number of aromatic nitrogens is 3. The third-order valence-corrected chi connectivity index (χ3v) is 3.79. The number of carbonyl (C=O) groups is 1. The summed E-state index contributed by atoms with van der Waals surface area (Å²) in [6.45, 7) is 0.538. The fourth-order valence-electron chi connectivity index (χ4n) is 2.68. The van der Waals surface area contributed by atoms with Crippen LogP contribution in [-0.4, -0.2) is 33.7 Å². The van der Waals surface area contributed by atoms with E-state index in [0.29, 0.717) is 12.3 Å². The second kappa shape index (κ2) is 4.77. The maximum atomic E-state index is 11.9. The van der Waals surface area contributed by atoms with Crippen LogP contribution < -0.4 is 5.32 Å². The van der Waals surface area contributed by atoms with E-state index >= 15 is 0 Å². The molecule has 1 aliphatic heterocycles. The van der Waals surface area contributed by atoms with Crippen LogP contribution in [0.3, 0.4) is 0 Å². The summed E-state index contributed by atoms with van der Waals surface area (Å²) in [7, 11) is 1.61. The van der Waals surface area contributed by atoms with Crippen molar-refractivity contribution in [2.75, 3.05) is 7.05 Å². The van der Waals surface area contributed by atoms with Crippen LogP contribution in [0.2, 0.25) is 0 Å². The first-order valence-corrected chi connectivity index (χ1v) is 6.98. The van der Waals surface area contributed by atoms with Crippen LogP contribution in [0.25, 0.3) is 16.7 Å². The van der Waals surface area contributed by atoms with E-state index in [-0.39, 0.29) is 5.91 Å². The number of nitrogens with zero attached hydrogens (tertiary/aromatic N) is 4. The number of carbonyl (C=O) groups excluding carboxylic acids is 1. The number of hydrogen-bond donors (Lipinski definition) is 1. The van der Waals surface area contributed by atoms with Gasteiger partial charge in [-0.15, -0.1) is 5.10 Å². The molecule has 0 fully saturated rings. The summed E-state index contributed by atoms with van der Waals surface area (Å²) in [5, 5.41) is 11.0. The molecule has 3 aromatic rings. The van der Waals surface area contributed by atoms with Crippen molar-refractivity contribution in [3.8, 4) is 5.69 Å². The highest BCUT2D eigenvalue weighted by atomic mass is 16.1. The maximum Gasteiger partial charge on any atom is 0.269 e. The average molecular weight is 291 g/mol. The van der Waals surface area contributed by atoms with Gasteiger partial charge in [0.2, 0.25) is 0 Å². The number of nitrogens with one attached hydrogen (secondary N) is 1. The SMILES string of the molecule is CNC(=O)C1=NCc2ccc(-n3nnc4ccccc43)cc21. The number of likely N-dealkylation sites (N-methyl/N-ethyl adjacent to an activating group) is 1. The van der Waals surface area contributed by atoms with E-state index in [1.54, 1.807) is 11.7 Å². The third-order valence-electron chi connectivity index (χ3n) is 3.79. The zero-order valence-corrected chi connectivity index (χ0v) is 11.9. The van der Waals surface area contributed by atoms with Crippen LogP contribution in [0.15, 0.2) is 47.5 Å². The van der Waals surface area contributed by atoms with Gasteiger partial charge in [-0.2, -0.15) is 0 Å². The van der Waals surface area contributed by atoms with Crippen LogP contribution in [0, 0.1) is 0 Å². The molecule has 0 radical (unpaired) electrons. The van der Waals surface area contributed by atoms with E-state index in [0.717, 1.165) is 27.8 Å². The quantitative estimate of drug-likeness (QED) is 0.777. The van der Waals surface area contributed by atoms with Crippen molar-refractivity contribution < 1.29 is 4.79 Å². The number of aliphatic imine (C=N–C) groups is 1. The number of para-hydroxylation sites is 1. The van der Waals surface area contributed by atoms with Crippen molar-refractivity contribution in [2.45, 2.75) is 6.54 Å². The van der Waals surface area contributed by atoms with Gasteiger partial charge in [0.25, 0.3) is 5.91 Å². The molecule has 1 N–H and O–H groups in total. The number of amides is 1. The van der Waals surface area contributed by atoms with E-state index in [2.05, 4.69) is 20.6 Å². The molecule has 2 aromatic carbocycles. The summed E-state index contributed by atoms with van der Waals surface area (Å²) < 4.78 is 1.77. The highest BCUT2D eigenvalue weighted by Crippen LogP contribution is 2.24. The molecule has 2 heterocycles. The lowest BCUT2D eigenvalue weighted by Gasteiger charge is -2.07. The largest absolute Gasteiger partial charge is 0.354 e. The van der Waals surface area contributed by atoms with Gasteiger partial charge in [-0.1, -0.05) is 23.4 Å². The van der Waals surface area contributed by atoms with Crippen molar-refractivity contribution in [1.82, 2.24) is 20.3 Å². The van der Waals surface area contributed by atoms with Crippen LogP contribution >= 0.6 is 0 Å². The van der Waals surface area contributed by atoms with E-state index in [1.165, 1.54) is 0 Å². The highest BCUT2D eigenvalue weighted by Gasteiger charge is 2.22. The monoisotopic (exact) mass is 291 g/mol. The Hall–Kier alpha value is -3.02. The second-order valence-corrected chi connectivity index (χ2v) is 5.08. The molecule has 1 aromatic heterocycles. The molecule has 108 valence electrons. The second-order valence-electron chi connectivity index (χ2n) is 5.08. The Labute approximate surface area is 126 Å². The molecule has 22 heavy (non-hydrogen) atoms. The van der Waals surface area contributed by atoms with Crippen molar-refractivity contribution in [3.05, 3.63) is 53.6 Å². The number of fused-ring (bicyclic) bond motifs is 2. The molecule has 1 aliphatic rings. The molecule has 0 atom stereocenters. The van der Waals surface area contributed by atoms with Crippen LogP contribution in [0.1, 0.15) is 11.1 Å². The summed E-state index contributed by atoms with van der Waals surface area (Å²) in [6.07, 6.45) is 0. The fourth-order valence-corrected chi connectivity index (χ4v) is 2.68. The van der Waals surface area contributed by atoms with Crippen LogP contribution in [0.4, 0.5) is 0 Å². The van der Waals surface area contributed by atoms with Crippen LogP contribution in [-0.2, 0) is 11.3 Å². The van der Waals surface area contributed by atoms with Gasteiger partial charge in [-0.3, -0.25) is 9.79 Å². The van der Waals surface area contributed by atoms with Gasteiger partial charge in [0.15, 0.2) is 0 Å². The summed E-state index contributed by atoms with van der Waals surface area (Å²) >= 11 is 0. The van der Waals surface area contributed by atoms with E-state index in [4.69, 9.17) is 0 Å². The van der Waals surface area contributed by atoms with Gasteiger partial charge < -0.3 is 5.32 Å². The minimum Gasteiger partial charge on any atom is -0.354 e. The smallest absolute Gasteiger partial charge is 0.269 e. The predicted molar refractivity (Wildman–Crippen MR) is 83.2 cm³/mol. The zero-order valence-electron chi connectivity index (χ0n) is 11.9. The van der Waals surface area contributed by atoms with Crippen molar-refractivity contribution in [1.29, 1.82) is 0 Å². The molecular formula is C16H13N5O. The fraction of sp³-hybridized carbons (Fsp3) is 0.125. The molecule has 0 aliphatic carbocycles. The zero-order chi connectivity index (χ0) is 15.1. The summed E-state index contributed by atoms with van der Waals surface area (Å²) in [5.74, 6) is -0.167. The highest BCUT2D eigenvalue weighted by molar-refractivity contribution is 6.46. The summed E-state index contributed by atoms with van der Waals surface area (Å²) in [4.78, 5) is 16.2.